The lowest BCUT2D eigenvalue weighted by Crippen LogP contribution is -2.47. The van der Waals surface area contributed by atoms with E-state index in [4.69, 9.17) is 4.74 Å². The smallest absolute Gasteiger partial charge is 0.306 e. The average molecular weight is 400 g/mol. The summed E-state index contributed by atoms with van der Waals surface area (Å²) < 4.78 is 5.26. The molecule has 1 amide bonds. The van der Waals surface area contributed by atoms with Gasteiger partial charge in [-0.05, 0) is 86.7 Å². The molecule has 4 bridgehead atoms. The van der Waals surface area contributed by atoms with Gasteiger partial charge in [-0.3, -0.25) is 19.7 Å². The number of nitrogens with zero attached hydrogens (tertiary/aromatic N) is 1. The molecule has 4 aliphatic rings. The van der Waals surface area contributed by atoms with Crippen molar-refractivity contribution >= 4 is 23.3 Å². The monoisotopic (exact) mass is 400 g/mol. The molecule has 0 unspecified atom stereocenters. The van der Waals surface area contributed by atoms with Crippen LogP contribution in [0.4, 0.5) is 11.4 Å². The zero-order valence-electron chi connectivity index (χ0n) is 17.0. The number of esters is 1. The van der Waals surface area contributed by atoms with Gasteiger partial charge in [0, 0.05) is 6.07 Å². The summed E-state index contributed by atoms with van der Waals surface area (Å²) in [6.07, 6.45) is 7.63. The second-order valence-corrected chi connectivity index (χ2v) is 9.46. The second-order valence-electron chi connectivity index (χ2n) is 9.46. The highest BCUT2D eigenvalue weighted by Crippen LogP contribution is 2.61. The molecule has 7 nitrogen and oxygen atoms in total. The number of carbonyl (C=O) groups excluding carboxylic acids is 2. The van der Waals surface area contributed by atoms with Gasteiger partial charge in [-0.2, -0.15) is 0 Å². The molecule has 5 rings (SSSR count). The maximum atomic E-state index is 12.5. The predicted octanol–water partition coefficient (Wildman–Crippen LogP) is 4.30. The molecule has 0 aromatic heterocycles. The molecule has 156 valence electrons. The summed E-state index contributed by atoms with van der Waals surface area (Å²) in [6.45, 7) is 3.12. The van der Waals surface area contributed by atoms with Gasteiger partial charge in [-0.25, -0.2) is 0 Å². The van der Waals surface area contributed by atoms with E-state index in [1.807, 2.05) is 6.92 Å². The van der Waals surface area contributed by atoms with E-state index in [1.165, 1.54) is 25.3 Å². The summed E-state index contributed by atoms with van der Waals surface area (Å²) in [6, 6.07) is 3.02. The Bertz CT molecular complexity index is 828. The lowest BCUT2D eigenvalue weighted by Gasteiger charge is -2.56. The minimum atomic E-state index is -0.555. The third-order valence-corrected chi connectivity index (χ3v) is 7.22. The maximum Gasteiger partial charge on any atom is 0.306 e. The number of rotatable bonds is 6. The molecule has 1 aromatic rings. The number of anilines is 1. The van der Waals surface area contributed by atoms with Crippen LogP contribution >= 0.6 is 0 Å². The number of amides is 1. The molecule has 4 aliphatic carbocycles. The maximum absolute atomic E-state index is 12.5. The van der Waals surface area contributed by atoms with E-state index in [1.54, 1.807) is 13.0 Å². The summed E-state index contributed by atoms with van der Waals surface area (Å²) in [5, 5.41) is 13.8. The lowest BCUT2D eigenvalue weighted by molar-refractivity contribution is -0.384. The van der Waals surface area contributed by atoms with Crippen LogP contribution in [0.3, 0.4) is 0 Å². The van der Waals surface area contributed by atoms with Crippen molar-refractivity contribution in [2.75, 3.05) is 11.9 Å². The molecule has 0 radical (unpaired) electrons. The first-order valence-corrected chi connectivity index (χ1v) is 10.4. The number of hydrogen-bond acceptors (Lipinski definition) is 5. The molecule has 1 N–H and O–H groups in total. The highest BCUT2D eigenvalue weighted by atomic mass is 16.6. The summed E-state index contributed by atoms with van der Waals surface area (Å²) in [7, 11) is 0. The Morgan fingerprint density at radius 2 is 1.72 bits per heavy atom. The summed E-state index contributed by atoms with van der Waals surface area (Å²) in [5.74, 6) is 1.37. The number of benzene rings is 1. The molecule has 1 aromatic carbocycles. The second kappa shape index (κ2) is 7.43. The van der Waals surface area contributed by atoms with Crippen LogP contribution in [0.15, 0.2) is 12.1 Å². The van der Waals surface area contributed by atoms with E-state index < -0.39 is 17.4 Å². The highest BCUT2D eigenvalue weighted by Gasteiger charge is 2.51. The van der Waals surface area contributed by atoms with Crippen LogP contribution < -0.4 is 5.32 Å². The van der Waals surface area contributed by atoms with Gasteiger partial charge >= 0.3 is 5.97 Å². The standard InChI is InChI=1S/C22H28N2O5/c1-13-3-4-18(24(27)28)21(14(13)2)23-19(25)12-29-20(26)11-22-8-15-5-16(9-22)7-17(6-15)10-22/h3-4,15-17H,5-12H2,1-2H3,(H,23,25). The van der Waals surface area contributed by atoms with E-state index in [-0.39, 0.29) is 22.8 Å². The third kappa shape index (κ3) is 4.00. The summed E-state index contributed by atoms with van der Waals surface area (Å²) >= 11 is 0. The third-order valence-electron chi connectivity index (χ3n) is 7.22. The number of aryl methyl sites for hydroxylation is 1. The zero-order valence-corrected chi connectivity index (χ0v) is 17.0. The lowest BCUT2D eigenvalue weighted by atomic mass is 9.49. The van der Waals surface area contributed by atoms with Crippen molar-refractivity contribution in [1.29, 1.82) is 0 Å². The Kier molecular flexibility index (Phi) is 5.09. The minimum absolute atomic E-state index is 0.0637. The molecule has 0 heterocycles. The summed E-state index contributed by atoms with van der Waals surface area (Å²) in [4.78, 5) is 35.5. The van der Waals surface area contributed by atoms with Crippen molar-refractivity contribution in [3.63, 3.8) is 0 Å². The minimum Gasteiger partial charge on any atom is -0.456 e. The van der Waals surface area contributed by atoms with E-state index in [9.17, 15) is 19.7 Å². The fourth-order valence-electron chi connectivity index (χ4n) is 6.30. The molecule has 0 aliphatic heterocycles. The molecule has 0 saturated heterocycles. The number of ether oxygens (including phenoxy) is 1. The predicted molar refractivity (Wildman–Crippen MR) is 107 cm³/mol. The first-order chi connectivity index (χ1) is 13.7. The van der Waals surface area contributed by atoms with Crippen LogP contribution in [0.5, 0.6) is 0 Å². The quantitative estimate of drug-likeness (QED) is 0.436. The molecule has 0 atom stereocenters. The number of nitro benzene ring substituents is 1. The van der Waals surface area contributed by atoms with E-state index in [0.29, 0.717) is 12.0 Å². The van der Waals surface area contributed by atoms with Crippen molar-refractivity contribution in [2.45, 2.75) is 58.8 Å². The van der Waals surface area contributed by atoms with E-state index >= 15 is 0 Å². The van der Waals surface area contributed by atoms with Crippen molar-refractivity contribution in [3.05, 3.63) is 33.4 Å². The van der Waals surface area contributed by atoms with Crippen LogP contribution in [-0.2, 0) is 14.3 Å². The van der Waals surface area contributed by atoms with E-state index in [2.05, 4.69) is 5.32 Å². The normalized spacial score (nSPS) is 29.5. The van der Waals surface area contributed by atoms with Crippen molar-refractivity contribution in [2.24, 2.45) is 23.2 Å². The molecule has 29 heavy (non-hydrogen) atoms. The van der Waals surface area contributed by atoms with Gasteiger partial charge in [0.05, 0.1) is 11.3 Å². The van der Waals surface area contributed by atoms with Crippen LogP contribution in [0, 0.1) is 47.1 Å². The Morgan fingerprint density at radius 1 is 1.14 bits per heavy atom. The fourth-order valence-corrected chi connectivity index (χ4v) is 6.30. The van der Waals surface area contributed by atoms with Crippen LogP contribution in [0.2, 0.25) is 0 Å². The first kappa shape index (κ1) is 19.9. The van der Waals surface area contributed by atoms with Gasteiger partial charge in [0.15, 0.2) is 6.61 Å². The van der Waals surface area contributed by atoms with Crippen LogP contribution in [0.1, 0.15) is 56.1 Å². The highest BCUT2D eigenvalue weighted by molar-refractivity contribution is 5.96. The zero-order chi connectivity index (χ0) is 20.8. The number of nitrogens with one attached hydrogen (secondary N) is 1. The van der Waals surface area contributed by atoms with Gasteiger partial charge in [0.1, 0.15) is 5.69 Å². The van der Waals surface area contributed by atoms with Crippen LogP contribution in [0.25, 0.3) is 0 Å². The van der Waals surface area contributed by atoms with Crippen molar-refractivity contribution in [3.8, 4) is 0 Å². The van der Waals surface area contributed by atoms with E-state index in [0.717, 1.165) is 42.6 Å². The molecule has 0 spiro atoms. The topological polar surface area (TPSA) is 98.5 Å². The van der Waals surface area contributed by atoms with Crippen molar-refractivity contribution < 1.29 is 19.2 Å². The Hall–Kier alpha value is -2.44. The fraction of sp³-hybridized carbons (Fsp3) is 0.636. The van der Waals surface area contributed by atoms with Gasteiger partial charge in [0.2, 0.25) is 0 Å². The number of hydrogen-bond donors (Lipinski definition) is 1. The molecule has 4 saturated carbocycles. The van der Waals surface area contributed by atoms with Gasteiger partial charge in [-0.15, -0.1) is 0 Å². The Balaban J connectivity index is 1.34. The van der Waals surface area contributed by atoms with Crippen molar-refractivity contribution in [1.82, 2.24) is 0 Å². The number of carbonyl (C=O) groups is 2. The molecule has 4 fully saturated rings. The first-order valence-electron chi connectivity index (χ1n) is 10.4. The van der Waals surface area contributed by atoms with Gasteiger partial charge < -0.3 is 10.1 Å². The largest absolute Gasteiger partial charge is 0.456 e. The number of nitro groups is 1. The molecule has 7 heteroatoms. The molecular weight excluding hydrogens is 372 g/mol. The molecular formula is C22H28N2O5. The van der Waals surface area contributed by atoms with Crippen LogP contribution in [-0.4, -0.2) is 23.4 Å². The average Bonchev–Trinajstić information content (AvgIpc) is 2.62. The van der Waals surface area contributed by atoms with Gasteiger partial charge in [-0.1, -0.05) is 6.07 Å². The Morgan fingerprint density at radius 3 is 2.28 bits per heavy atom. The SMILES string of the molecule is Cc1ccc([N+](=O)[O-])c(NC(=O)COC(=O)CC23CC4CC(CC(C4)C2)C3)c1C. The summed E-state index contributed by atoms with van der Waals surface area (Å²) in [5.41, 5.74) is 1.53. The Labute approximate surface area is 170 Å². The van der Waals surface area contributed by atoms with Gasteiger partial charge in [0.25, 0.3) is 11.6 Å².